The van der Waals surface area contributed by atoms with Gasteiger partial charge in [0, 0.05) is 22.4 Å². The first-order valence-electron chi connectivity index (χ1n) is 5.38. The molecule has 2 N–H and O–H groups in total. The van der Waals surface area contributed by atoms with Crippen LogP contribution in [0, 0.1) is 0 Å². The van der Waals surface area contributed by atoms with Crippen molar-refractivity contribution >= 4 is 27.3 Å². The molecule has 0 radical (unpaired) electrons. The van der Waals surface area contributed by atoms with Crippen molar-refractivity contribution in [2.75, 3.05) is 13.2 Å². The fraction of sp³-hybridized carbons (Fsp3) is 0.667. The summed E-state index contributed by atoms with van der Waals surface area (Å²) >= 11 is 5.25. The van der Waals surface area contributed by atoms with Gasteiger partial charge < -0.3 is 10.4 Å². The number of halogens is 1. The van der Waals surface area contributed by atoms with Gasteiger partial charge >= 0.3 is 0 Å². The van der Waals surface area contributed by atoms with Gasteiger partial charge in [0.05, 0.1) is 10.4 Å². The Labute approximate surface area is 110 Å². The summed E-state index contributed by atoms with van der Waals surface area (Å²) in [5, 5.41) is 12.6. The van der Waals surface area contributed by atoms with Crippen LogP contribution >= 0.6 is 27.3 Å². The lowest BCUT2D eigenvalue weighted by Gasteiger charge is -2.31. The molecule has 0 aliphatic rings. The molecule has 0 amide bonds. The molecule has 2 nitrogen and oxygen atoms in total. The lowest BCUT2D eigenvalue weighted by atomic mass is 9.90. The number of nitrogens with one attached hydrogen (secondary N) is 1. The fourth-order valence-corrected chi connectivity index (χ4v) is 2.77. The normalized spacial score (nSPS) is 13.1. The average Bonchev–Trinajstić information content (AvgIpc) is 2.63. The van der Waals surface area contributed by atoms with Crippen LogP contribution in [0.3, 0.4) is 0 Å². The second-order valence-electron chi connectivity index (χ2n) is 5.38. The second kappa shape index (κ2) is 5.17. The lowest BCUT2D eigenvalue weighted by Crippen LogP contribution is -2.47. The number of aliphatic hydroxyl groups excluding tert-OH is 1. The topological polar surface area (TPSA) is 32.3 Å². The van der Waals surface area contributed by atoms with Crippen LogP contribution in [0.15, 0.2) is 15.9 Å². The molecule has 0 unspecified atom stereocenters. The number of hydrogen-bond acceptors (Lipinski definition) is 3. The molecular weight excluding hydrogens is 286 g/mol. The number of aliphatic hydroxyl groups is 1. The van der Waals surface area contributed by atoms with Gasteiger partial charge in [-0.3, -0.25) is 0 Å². The van der Waals surface area contributed by atoms with E-state index in [1.807, 2.05) is 13.8 Å². The van der Waals surface area contributed by atoms with Crippen molar-refractivity contribution in [1.82, 2.24) is 5.32 Å². The summed E-state index contributed by atoms with van der Waals surface area (Å²) in [5.74, 6) is 0. The zero-order valence-corrected chi connectivity index (χ0v) is 12.7. The highest BCUT2D eigenvalue weighted by atomic mass is 79.9. The van der Waals surface area contributed by atoms with E-state index < -0.39 is 0 Å². The Morgan fingerprint density at radius 2 is 1.94 bits per heavy atom. The Balaban J connectivity index is 2.65. The van der Waals surface area contributed by atoms with Crippen LogP contribution in [0.25, 0.3) is 0 Å². The third-order valence-electron chi connectivity index (χ3n) is 2.64. The van der Waals surface area contributed by atoms with Crippen molar-refractivity contribution < 1.29 is 5.11 Å². The van der Waals surface area contributed by atoms with E-state index in [9.17, 15) is 5.11 Å². The Bertz CT molecular complexity index is 347. The monoisotopic (exact) mass is 305 g/mol. The smallest absolute Gasteiger partial charge is 0.0701 e. The summed E-state index contributed by atoms with van der Waals surface area (Å²) in [6.45, 7) is 9.45. The van der Waals surface area contributed by atoms with E-state index in [2.05, 4.69) is 47.2 Å². The zero-order chi connectivity index (χ0) is 12.4. The molecule has 0 saturated carbocycles. The minimum atomic E-state index is -0.217. The standard InChI is InChI=1S/C12H20BrNOS/c1-11(2,7-14-12(3,4)8-15)9-5-6-10(13)16-9/h5-6,14-15H,7-8H2,1-4H3. The van der Waals surface area contributed by atoms with E-state index in [0.717, 1.165) is 10.3 Å². The second-order valence-corrected chi connectivity index (χ2v) is 7.85. The zero-order valence-electron chi connectivity index (χ0n) is 10.3. The van der Waals surface area contributed by atoms with Gasteiger partial charge in [-0.05, 0) is 41.9 Å². The third kappa shape index (κ3) is 3.84. The Morgan fingerprint density at radius 3 is 2.38 bits per heavy atom. The summed E-state index contributed by atoms with van der Waals surface area (Å²) in [7, 11) is 0. The van der Waals surface area contributed by atoms with Gasteiger partial charge in [-0.2, -0.15) is 0 Å². The molecule has 0 aromatic carbocycles. The predicted octanol–water partition coefficient (Wildman–Crippen LogP) is 3.15. The Hall–Kier alpha value is 0.1000. The first-order chi connectivity index (χ1) is 7.27. The largest absolute Gasteiger partial charge is 0.394 e. The molecule has 92 valence electrons. The van der Waals surface area contributed by atoms with Crippen molar-refractivity contribution in [2.45, 2.75) is 38.6 Å². The number of thiophene rings is 1. The lowest BCUT2D eigenvalue weighted by molar-refractivity contribution is 0.182. The highest BCUT2D eigenvalue weighted by molar-refractivity contribution is 9.11. The molecule has 0 bridgehead atoms. The predicted molar refractivity (Wildman–Crippen MR) is 74.2 cm³/mol. The van der Waals surface area contributed by atoms with Crippen molar-refractivity contribution in [3.63, 3.8) is 0 Å². The number of rotatable bonds is 5. The van der Waals surface area contributed by atoms with Crippen LogP contribution in [0.2, 0.25) is 0 Å². The molecule has 0 fully saturated rings. The van der Waals surface area contributed by atoms with Crippen LogP contribution in [-0.4, -0.2) is 23.8 Å². The van der Waals surface area contributed by atoms with Crippen molar-refractivity contribution in [3.05, 3.63) is 20.8 Å². The quantitative estimate of drug-likeness (QED) is 0.876. The molecule has 0 spiro atoms. The van der Waals surface area contributed by atoms with Crippen LogP contribution in [-0.2, 0) is 5.41 Å². The van der Waals surface area contributed by atoms with Gasteiger partial charge in [0.1, 0.15) is 0 Å². The van der Waals surface area contributed by atoms with E-state index in [4.69, 9.17) is 0 Å². The van der Waals surface area contributed by atoms with E-state index in [1.165, 1.54) is 4.88 Å². The third-order valence-corrected chi connectivity index (χ3v) is 4.63. The maximum absolute atomic E-state index is 9.20. The molecular formula is C12H20BrNOS. The SMILES string of the molecule is CC(C)(CO)NCC(C)(C)c1ccc(Br)s1. The fourth-order valence-electron chi connectivity index (χ4n) is 1.28. The summed E-state index contributed by atoms with van der Waals surface area (Å²) in [4.78, 5) is 1.35. The maximum Gasteiger partial charge on any atom is 0.0701 e. The summed E-state index contributed by atoms with van der Waals surface area (Å²) < 4.78 is 1.16. The highest BCUT2D eigenvalue weighted by Gasteiger charge is 2.25. The minimum Gasteiger partial charge on any atom is -0.394 e. The molecule has 0 aliphatic carbocycles. The van der Waals surface area contributed by atoms with Gasteiger partial charge in [0.25, 0.3) is 0 Å². The Morgan fingerprint density at radius 1 is 1.31 bits per heavy atom. The van der Waals surface area contributed by atoms with Gasteiger partial charge in [-0.15, -0.1) is 11.3 Å². The van der Waals surface area contributed by atoms with Crippen LogP contribution in [0.4, 0.5) is 0 Å². The molecule has 0 atom stereocenters. The molecule has 1 heterocycles. The van der Waals surface area contributed by atoms with Crippen molar-refractivity contribution in [3.8, 4) is 0 Å². The first-order valence-corrected chi connectivity index (χ1v) is 6.99. The summed E-state index contributed by atoms with van der Waals surface area (Å²) in [5.41, 5.74) is -0.130. The molecule has 4 heteroatoms. The summed E-state index contributed by atoms with van der Waals surface area (Å²) in [6, 6.07) is 4.24. The minimum absolute atomic E-state index is 0.0864. The molecule has 1 aromatic heterocycles. The van der Waals surface area contributed by atoms with Crippen LogP contribution < -0.4 is 5.32 Å². The van der Waals surface area contributed by atoms with E-state index >= 15 is 0 Å². The van der Waals surface area contributed by atoms with Gasteiger partial charge in [-0.25, -0.2) is 0 Å². The maximum atomic E-state index is 9.20. The van der Waals surface area contributed by atoms with E-state index in [0.29, 0.717) is 0 Å². The average molecular weight is 306 g/mol. The molecule has 0 saturated heterocycles. The Kier molecular flexibility index (Phi) is 4.57. The highest BCUT2D eigenvalue weighted by Crippen LogP contribution is 2.32. The van der Waals surface area contributed by atoms with E-state index in [1.54, 1.807) is 11.3 Å². The molecule has 1 rings (SSSR count). The molecule has 16 heavy (non-hydrogen) atoms. The number of hydrogen-bond donors (Lipinski definition) is 2. The van der Waals surface area contributed by atoms with Gasteiger partial charge in [-0.1, -0.05) is 13.8 Å². The van der Waals surface area contributed by atoms with Crippen molar-refractivity contribution in [2.24, 2.45) is 0 Å². The molecule has 1 aromatic rings. The molecule has 0 aliphatic heterocycles. The van der Waals surface area contributed by atoms with Gasteiger partial charge in [0.2, 0.25) is 0 Å². The van der Waals surface area contributed by atoms with Crippen molar-refractivity contribution in [1.29, 1.82) is 0 Å². The first kappa shape index (κ1) is 14.2. The van der Waals surface area contributed by atoms with Gasteiger partial charge in [0.15, 0.2) is 0 Å². The van der Waals surface area contributed by atoms with Crippen LogP contribution in [0.1, 0.15) is 32.6 Å². The summed E-state index contributed by atoms with van der Waals surface area (Å²) in [6.07, 6.45) is 0. The van der Waals surface area contributed by atoms with Crippen LogP contribution in [0.5, 0.6) is 0 Å². The van der Waals surface area contributed by atoms with E-state index in [-0.39, 0.29) is 17.6 Å².